The van der Waals surface area contributed by atoms with Crippen molar-refractivity contribution in [2.24, 2.45) is 51.2 Å². The molecule has 0 radical (unpaired) electrons. The van der Waals surface area contributed by atoms with Crippen molar-refractivity contribution < 1.29 is 30.6 Å². The predicted molar refractivity (Wildman–Crippen MR) is 190 cm³/mol. The number of hydrogen-bond acceptors (Lipinski definition) is 8. The van der Waals surface area contributed by atoms with E-state index < -0.39 is 5.60 Å². The maximum absolute atomic E-state index is 9.81. The van der Waals surface area contributed by atoms with Crippen molar-refractivity contribution in [1.82, 2.24) is 9.80 Å². The second kappa shape index (κ2) is 13.3. The van der Waals surface area contributed by atoms with Crippen LogP contribution in [0.2, 0.25) is 0 Å². The van der Waals surface area contributed by atoms with Gasteiger partial charge in [-0.2, -0.15) is 0 Å². The van der Waals surface area contributed by atoms with Crippen molar-refractivity contribution in [3.8, 4) is 0 Å². The fourth-order valence-electron chi connectivity index (χ4n) is 13.3. The molecule has 5 aliphatic carbocycles. The van der Waals surface area contributed by atoms with Crippen molar-refractivity contribution in [3.63, 3.8) is 0 Å². The Hall–Kier alpha value is -0.320. The summed E-state index contributed by atoms with van der Waals surface area (Å²) in [4.78, 5) is 5.12. The quantitative estimate of drug-likeness (QED) is 0.333. The summed E-state index contributed by atoms with van der Waals surface area (Å²) in [6.07, 6.45) is 13.9. The Labute approximate surface area is 293 Å². The summed E-state index contributed by atoms with van der Waals surface area (Å²) < 4.78 is 25.0. The standard InChI is InChI=1S/C36H60N2O5.C4H10O.H2/c1-33(2)30-8-7-26-28-17-29-27(6-5-25(22-39)42-29)34(28,3)11-12-35(26)23-36(30,35)10-9-31(33)43-32-21-38(14-16-41-32)20-24-18-37(19-24)13-15-40-4;1-4(2,3)5;/h24-32,39H,5-23H2,1-4H3;5H,1-3H3;1H/t25?,26?,27?,28?,29?,30?,31?,32?,34?,35-,36?;;/m0../s1. The fraction of sp³-hybridized carbons (Fsp3) is 1.00. The molecule has 3 heterocycles. The van der Waals surface area contributed by atoms with Gasteiger partial charge in [-0.05, 0) is 136 Å². The lowest BCUT2D eigenvalue weighted by molar-refractivity contribution is -0.246. The molecule has 278 valence electrons. The maximum Gasteiger partial charge on any atom is 0.170 e. The van der Waals surface area contributed by atoms with E-state index in [4.69, 9.17) is 24.1 Å². The van der Waals surface area contributed by atoms with E-state index in [1.807, 2.05) is 0 Å². The molecule has 3 saturated heterocycles. The fourth-order valence-corrected chi connectivity index (χ4v) is 13.3. The zero-order chi connectivity index (χ0) is 34.1. The SMILES string of the molecule is CC(C)(C)O.COCCN1CC(CN2CCOC(OC3CCC45C[C@]46CCC4(C)C7CCC(CO)OC7CC4C6CCC5C3(C)C)C2)C1.[HH]. The van der Waals surface area contributed by atoms with Crippen LogP contribution in [0, 0.1) is 51.2 Å². The first kappa shape index (κ1) is 36.1. The normalized spacial score (nSPS) is 46.9. The molecule has 48 heavy (non-hydrogen) atoms. The molecule has 8 aliphatic rings. The molecule has 11 atom stereocenters. The lowest BCUT2D eigenvalue weighted by Gasteiger charge is -2.60. The Morgan fingerprint density at radius 2 is 1.65 bits per heavy atom. The van der Waals surface area contributed by atoms with Crippen LogP contribution in [-0.2, 0) is 18.9 Å². The number of nitrogens with zero attached hydrogens (tertiary/aromatic N) is 2. The van der Waals surface area contributed by atoms with Crippen LogP contribution in [-0.4, -0.2) is 116 Å². The number of fused-ring (bicyclic) bond motifs is 4. The molecule has 10 unspecified atom stereocenters. The molecule has 3 aliphatic heterocycles. The minimum absolute atomic E-state index is 0. The number of rotatable bonds is 8. The van der Waals surface area contributed by atoms with Crippen LogP contribution in [0.5, 0.6) is 0 Å². The highest BCUT2D eigenvalue weighted by atomic mass is 16.7. The molecule has 0 aromatic carbocycles. The van der Waals surface area contributed by atoms with E-state index in [2.05, 4.69) is 30.6 Å². The minimum Gasteiger partial charge on any atom is -0.394 e. The van der Waals surface area contributed by atoms with Crippen molar-refractivity contribution in [3.05, 3.63) is 0 Å². The second-order valence-electron chi connectivity index (χ2n) is 19.6. The van der Waals surface area contributed by atoms with Gasteiger partial charge in [0.25, 0.3) is 0 Å². The van der Waals surface area contributed by atoms with Crippen molar-refractivity contribution >= 4 is 0 Å². The zero-order valence-corrected chi connectivity index (χ0v) is 31.6. The Morgan fingerprint density at radius 3 is 2.38 bits per heavy atom. The van der Waals surface area contributed by atoms with Gasteiger partial charge < -0.3 is 34.1 Å². The van der Waals surface area contributed by atoms with E-state index in [1.54, 1.807) is 27.9 Å². The maximum atomic E-state index is 9.81. The Kier molecular flexibility index (Phi) is 9.97. The van der Waals surface area contributed by atoms with Crippen molar-refractivity contribution in [1.29, 1.82) is 0 Å². The first-order chi connectivity index (χ1) is 22.7. The van der Waals surface area contributed by atoms with E-state index in [-0.39, 0.29) is 25.8 Å². The summed E-state index contributed by atoms with van der Waals surface area (Å²) in [6, 6.07) is 0. The Balaban J connectivity index is 0.000000650. The van der Waals surface area contributed by atoms with Crippen LogP contribution in [0.15, 0.2) is 0 Å². The number of morpholine rings is 1. The molecule has 2 spiro atoms. The van der Waals surface area contributed by atoms with Gasteiger partial charge in [0, 0.05) is 47.8 Å². The van der Waals surface area contributed by atoms with Gasteiger partial charge in [0.15, 0.2) is 6.29 Å². The molecule has 0 aromatic heterocycles. The monoisotopic (exact) mass is 677 g/mol. The Morgan fingerprint density at radius 1 is 0.896 bits per heavy atom. The van der Waals surface area contributed by atoms with Crippen LogP contribution in [0.25, 0.3) is 0 Å². The first-order valence-corrected chi connectivity index (χ1v) is 19.9. The van der Waals surface area contributed by atoms with Gasteiger partial charge in [0.05, 0.1) is 43.7 Å². The van der Waals surface area contributed by atoms with Crippen molar-refractivity contribution in [2.75, 3.05) is 66.2 Å². The zero-order valence-electron chi connectivity index (χ0n) is 31.6. The summed E-state index contributed by atoms with van der Waals surface area (Å²) in [5.74, 6) is 3.94. The minimum atomic E-state index is -0.500. The number of ether oxygens (including phenoxy) is 4. The van der Waals surface area contributed by atoms with E-state index in [1.165, 1.54) is 77.4 Å². The van der Waals surface area contributed by atoms with E-state index in [0.717, 1.165) is 62.9 Å². The highest BCUT2D eigenvalue weighted by Gasteiger charge is 2.80. The highest BCUT2D eigenvalue weighted by Crippen LogP contribution is 2.87. The van der Waals surface area contributed by atoms with Gasteiger partial charge in [-0.15, -0.1) is 0 Å². The molecule has 0 aromatic rings. The number of hydrogen-bond donors (Lipinski definition) is 2. The summed E-state index contributed by atoms with van der Waals surface area (Å²) in [6.45, 7) is 21.4. The number of methoxy groups -OCH3 is 1. The molecule has 8 heteroatoms. The average molecular weight is 677 g/mol. The van der Waals surface area contributed by atoms with E-state index >= 15 is 0 Å². The van der Waals surface area contributed by atoms with Crippen molar-refractivity contribution in [2.45, 2.75) is 136 Å². The lowest BCUT2D eigenvalue weighted by Crippen LogP contribution is -2.57. The van der Waals surface area contributed by atoms with Gasteiger partial charge >= 0.3 is 0 Å². The van der Waals surface area contributed by atoms with E-state index in [0.29, 0.717) is 34.4 Å². The van der Waals surface area contributed by atoms with E-state index in [9.17, 15) is 5.11 Å². The summed E-state index contributed by atoms with van der Waals surface area (Å²) in [5.41, 5.74) is 1.25. The topological polar surface area (TPSA) is 83.9 Å². The molecular formula is C40H72N2O6. The van der Waals surface area contributed by atoms with Crippen LogP contribution in [0.3, 0.4) is 0 Å². The molecular weight excluding hydrogens is 604 g/mol. The lowest BCUT2D eigenvalue weighted by atomic mass is 9.46. The number of likely N-dealkylation sites (tertiary alicyclic amines) is 1. The molecule has 0 bridgehead atoms. The number of aliphatic hydroxyl groups excluding tert-OH is 1. The second-order valence-corrected chi connectivity index (χ2v) is 19.6. The Bertz CT molecular complexity index is 1120. The smallest absolute Gasteiger partial charge is 0.170 e. The number of aliphatic hydroxyl groups is 2. The third-order valence-corrected chi connectivity index (χ3v) is 15.4. The van der Waals surface area contributed by atoms with Crippen LogP contribution >= 0.6 is 0 Å². The molecule has 8 nitrogen and oxygen atoms in total. The molecule has 8 rings (SSSR count). The summed E-state index contributed by atoms with van der Waals surface area (Å²) >= 11 is 0. The van der Waals surface area contributed by atoms with Gasteiger partial charge in [-0.25, -0.2) is 0 Å². The van der Waals surface area contributed by atoms with Crippen LogP contribution < -0.4 is 0 Å². The molecule has 0 amide bonds. The third kappa shape index (κ3) is 6.37. The summed E-state index contributed by atoms with van der Waals surface area (Å²) in [7, 11) is 1.79. The predicted octanol–water partition coefficient (Wildman–Crippen LogP) is 5.83. The first-order valence-electron chi connectivity index (χ1n) is 19.9. The van der Waals surface area contributed by atoms with Gasteiger partial charge in [0.2, 0.25) is 0 Å². The third-order valence-electron chi connectivity index (χ3n) is 15.4. The molecule has 5 saturated carbocycles. The van der Waals surface area contributed by atoms with Gasteiger partial charge in [-0.3, -0.25) is 4.90 Å². The van der Waals surface area contributed by atoms with Gasteiger partial charge in [0.1, 0.15) is 0 Å². The van der Waals surface area contributed by atoms with Crippen LogP contribution in [0.1, 0.15) is 107 Å². The van der Waals surface area contributed by atoms with Gasteiger partial charge in [-0.1, -0.05) is 20.8 Å². The highest BCUT2D eigenvalue weighted by molar-refractivity contribution is 5.29. The van der Waals surface area contributed by atoms with Crippen LogP contribution in [0.4, 0.5) is 0 Å². The molecule has 8 fully saturated rings. The molecule has 2 N–H and O–H groups in total. The summed E-state index contributed by atoms with van der Waals surface area (Å²) in [5, 5.41) is 18.3. The average Bonchev–Trinajstić information content (AvgIpc) is 3.58. The largest absolute Gasteiger partial charge is 0.394 e.